The number of hydrogen-bond donors (Lipinski definition) is 0. The molecule has 0 bridgehead atoms. The summed E-state index contributed by atoms with van der Waals surface area (Å²) < 4.78 is 27.1. The van der Waals surface area contributed by atoms with Crippen LogP contribution < -0.4 is 0 Å². The Kier molecular flexibility index (Phi) is 4.29. The van der Waals surface area contributed by atoms with Gasteiger partial charge in [-0.2, -0.15) is 8.78 Å². The first-order valence-corrected chi connectivity index (χ1v) is 7.52. The third kappa shape index (κ3) is 2.87. The number of nitrogens with zero attached hydrogens (tertiary/aromatic N) is 3. The van der Waals surface area contributed by atoms with Crippen molar-refractivity contribution in [2.75, 3.05) is 7.05 Å². The molecular formula is C18H17F2N3O. The number of alkyl halides is 2. The average molecular weight is 329 g/mol. The van der Waals surface area contributed by atoms with Crippen LogP contribution in [-0.2, 0) is 6.54 Å². The van der Waals surface area contributed by atoms with E-state index < -0.39 is 12.5 Å². The Morgan fingerprint density at radius 2 is 2.04 bits per heavy atom. The van der Waals surface area contributed by atoms with Crippen LogP contribution in [0.4, 0.5) is 8.78 Å². The largest absolute Gasteiger partial charge is 0.336 e. The summed E-state index contributed by atoms with van der Waals surface area (Å²) >= 11 is 0. The Balaban J connectivity index is 1.89. The molecular weight excluding hydrogens is 312 g/mol. The summed E-state index contributed by atoms with van der Waals surface area (Å²) in [6.07, 6.45) is 3.45. The highest BCUT2D eigenvalue weighted by Crippen LogP contribution is 2.22. The summed E-state index contributed by atoms with van der Waals surface area (Å²) in [6.45, 7) is -0.857. The first-order chi connectivity index (χ1) is 11.5. The van der Waals surface area contributed by atoms with Crippen molar-refractivity contribution in [3.63, 3.8) is 0 Å². The molecule has 24 heavy (non-hydrogen) atoms. The summed E-state index contributed by atoms with van der Waals surface area (Å²) in [6, 6.07) is 10.6. The third-order valence-corrected chi connectivity index (χ3v) is 4.06. The van der Waals surface area contributed by atoms with Crippen molar-refractivity contribution in [1.82, 2.24) is 14.5 Å². The highest BCUT2D eigenvalue weighted by Gasteiger charge is 2.22. The number of aryl methyl sites for hydroxylation is 1. The van der Waals surface area contributed by atoms with E-state index in [0.29, 0.717) is 12.2 Å². The second-order valence-corrected chi connectivity index (χ2v) is 5.68. The molecule has 0 unspecified atom stereocenters. The lowest BCUT2D eigenvalue weighted by molar-refractivity contribution is 0.0564. The lowest BCUT2D eigenvalue weighted by Crippen LogP contribution is -2.28. The molecule has 0 aliphatic heterocycles. The van der Waals surface area contributed by atoms with E-state index >= 15 is 0 Å². The minimum atomic E-state index is -2.74. The standard InChI is InChI=1S/C18H17F2N3O/c1-12-6-7-16(23(12)18(19)20)17(24)22(2)11-14-5-3-4-13-10-21-9-8-15(13)14/h3-10,18H,11H2,1-2H3. The Morgan fingerprint density at radius 1 is 1.25 bits per heavy atom. The fourth-order valence-corrected chi connectivity index (χ4v) is 2.83. The number of carbonyl (C=O) groups is 1. The fourth-order valence-electron chi connectivity index (χ4n) is 2.83. The molecule has 1 aromatic carbocycles. The van der Waals surface area contributed by atoms with Gasteiger partial charge < -0.3 is 4.90 Å². The van der Waals surface area contributed by atoms with Crippen molar-refractivity contribution < 1.29 is 13.6 Å². The summed E-state index contributed by atoms with van der Waals surface area (Å²) in [4.78, 5) is 18.1. The van der Waals surface area contributed by atoms with Gasteiger partial charge in [0.25, 0.3) is 5.91 Å². The van der Waals surface area contributed by atoms with Gasteiger partial charge in [0.15, 0.2) is 0 Å². The second-order valence-electron chi connectivity index (χ2n) is 5.68. The van der Waals surface area contributed by atoms with Gasteiger partial charge in [-0.15, -0.1) is 0 Å². The van der Waals surface area contributed by atoms with Crippen LogP contribution in [0.5, 0.6) is 0 Å². The quantitative estimate of drug-likeness (QED) is 0.725. The van der Waals surface area contributed by atoms with E-state index in [0.717, 1.165) is 20.9 Å². The number of carbonyl (C=O) groups excluding carboxylic acids is 1. The number of rotatable bonds is 4. The van der Waals surface area contributed by atoms with Crippen molar-refractivity contribution in [3.05, 3.63) is 65.7 Å². The van der Waals surface area contributed by atoms with Gasteiger partial charge >= 0.3 is 6.55 Å². The highest BCUT2D eigenvalue weighted by atomic mass is 19.3. The van der Waals surface area contributed by atoms with Crippen molar-refractivity contribution in [2.45, 2.75) is 20.0 Å². The predicted octanol–water partition coefficient (Wildman–Crippen LogP) is 4.01. The summed E-state index contributed by atoms with van der Waals surface area (Å²) in [5.41, 5.74) is 1.29. The highest BCUT2D eigenvalue weighted by molar-refractivity contribution is 5.93. The molecule has 124 valence electrons. The Bertz CT molecular complexity index is 884. The van der Waals surface area contributed by atoms with Gasteiger partial charge in [0.05, 0.1) is 0 Å². The van der Waals surface area contributed by atoms with Crippen LogP contribution in [0.2, 0.25) is 0 Å². The van der Waals surface area contributed by atoms with Crippen LogP contribution in [0.15, 0.2) is 48.8 Å². The zero-order valence-corrected chi connectivity index (χ0v) is 13.4. The third-order valence-electron chi connectivity index (χ3n) is 4.06. The number of amides is 1. The number of pyridine rings is 1. The number of benzene rings is 1. The predicted molar refractivity (Wildman–Crippen MR) is 88.0 cm³/mol. The van der Waals surface area contributed by atoms with E-state index in [1.54, 1.807) is 26.4 Å². The van der Waals surface area contributed by atoms with E-state index in [2.05, 4.69) is 4.98 Å². The molecule has 4 nitrogen and oxygen atoms in total. The minimum Gasteiger partial charge on any atom is -0.336 e. The zero-order valence-electron chi connectivity index (χ0n) is 13.4. The van der Waals surface area contributed by atoms with E-state index in [9.17, 15) is 13.6 Å². The van der Waals surface area contributed by atoms with Gasteiger partial charge in [-0.25, -0.2) is 0 Å². The topological polar surface area (TPSA) is 38.1 Å². The molecule has 0 aliphatic carbocycles. The maximum absolute atomic E-state index is 13.2. The van der Waals surface area contributed by atoms with Crippen molar-refractivity contribution in [3.8, 4) is 0 Å². The fraction of sp³-hybridized carbons (Fsp3) is 0.222. The van der Waals surface area contributed by atoms with Gasteiger partial charge in [-0.05, 0) is 36.1 Å². The molecule has 2 aromatic heterocycles. The van der Waals surface area contributed by atoms with E-state index in [4.69, 9.17) is 0 Å². The lowest BCUT2D eigenvalue weighted by atomic mass is 10.1. The molecule has 0 radical (unpaired) electrons. The summed E-state index contributed by atoms with van der Waals surface area (Å²) in [5, 5.41) is 1.97. The monoisotopic (exact) mass is 329 g/mol. The molecule has 0 spiro atoms. The molecule has 0 aliphatic rings. The molecule has 3 aromatic rings. The SMILES string of the molecule is Cc1ccc(C(=O)N(C)Cc2cccc3cnccc23)n1C(F)F. The van der Waals surface area contributed by atoms with Gasteiger partial charge in [0, 0.05) is 37.1 Å². The number of aromatic nitrogens is 2. The van der Waals surface area contributed by atoms with Crippen LogP contribution in [0, 0.1) is 6.92 Å². The Labute approximate surface area is 138 Å². The molecule has 0 fully saturated rings. The van der Waals surface area contributed by atoms with E-state index in [1.165, 1.54) is 17.0 Å². The molecule has 0 atom stereocenters. The summed E-state index contributed by atoms with van der Waals surface area (Å²) in [7, 11) is 1.61. The van der Waals surface area contributed by atoms with Gasteiger partial charge in [0.2, 0.25) is 0 Å². The van der Waals surface area contributed by atoms with Crippen molar-refractivity contribution in [2.24, 2.45) is 0 Å². The molecule has 3 rings (SSSR count). The molecule has 0 N–H and O–H groups in total. The van der Waals surface area contributed by atoms with Crippen LogP contribution >= 0.6 is 0 Å². The van der Waals surface area contributed by atoms with E-state index in [1.807, 2.05) is 24.3 Å². The zero-order chi connectivity index (χ0) is 17.3. The molecule has 6 heteroatoms. The van der Waals surface area contributed by atoms with Crippen molar-refractivity contribution in [1.29, 1.82) is 0 Å². The second kappa shape index (κ2) is 6.39. The Morgan fingerprint density at radius 3 is 2.79 bits per heavy atom. The smallest absolute Gasteiger partial charge is 0.319 e. The molecule has 1 amide bonds. The Hall–Kier alpha value is -2.76. The van der Waals surface area contributed by atoms with Crippen molar-refractivity contribution >= 4 is 16.7 Å². The van der Waals surface area contributed by atoms with Gasteiger partial charge in [0.1, 0.15) is 5.69 Å². The molecule has 2 heterocycles. The maximum Gasteiger partial charge on any atom is 0.319 e. The van der Waals surface area contributed by atoms with Crippen LogP contribution in [-0.4, -0.2) is 27.4 Å². The average Bonchev–Trinajstić information content (AvgIpc) is 2.96. The summed E-state index contributed by atoms with van der Waals surface area (Å²) in [5.74, 6) is -0.436. The van der Waals surface area contributed by atoms with E-state index in [-0.39, 0.29) is 5.69 Å². The number of fused-ring (bicyclic) bond motifs is 1. The van der Waals surface area contributed by atoms with Crippen LogP contribution in [0.1, 0.15) is 28.3 Å². The lowest BCUT2D eigenvalue weighted by Gasteiger charge is -2.20. The first-order valence-electron chi connectivity index (χ1n) is 7.52. The first kappa shape index (κ1) is 16.1. The molecule has 0 saturated carbocycles. The number of hydrogen-bond acceptors (Lipinski definition) is 2. The minimum absolute atomic E-state index is 0.00750. The molecule has 0 saturated heterocycles. The maximum atomic E-state index is 13.2. The van der Waals surface area contributed by atoms with Gasteiger partial charge in [-0.3, -0.25) is 14.3 Å². The van der Waals surface area contributed by atoms with Gasteiger partial charge in [-0.1, -0.05) is 18.2 Å². The van der Waals surface area contributed by atoms with Crippen LogP contribution in [0.25, 0.3) is 10.8 Å². The van der Waals surface area contributed by atoms with Crippen LogP contribution in [0.3, 0.4) is 0 Å². The normalized spacial score (nSPS) is 11.2. The number of halogens is 2.